The number of carbonyl (C=O) groups is 2. The van der Waals surface area contributed by atoms with E-state index in [2.05, 4.69) is 0 Å². The van der Waals surface area contributed by atoms with Gasteiger partial charge in [0.2, 0.25) is 0 Å². The van der Waals surface area contributed by atoms with Gasteiger partial charge in [0.05, 0.1) is 25.3 Å². The van der Waals surface area contributed by atoms with Crippen LogP contribution in [0.4, 0.5) is 0 Å². The zero-order valence-corrected chi connectivity index (χ0v) is 15.1. The van der Waals surface area contributed by atoms with Gasteiger partial charge < -0.3 is 24.4 Å². The predicted octanol–water partition coefficient (Wildman–Crippen LogP) is 3.95. The van der Waals surface area contributed by atoms with Crippen LogP contribution in [0.3, 0.4) is 0 Å². The van der Waals surface area contributed by atoms with Crippen LogP contribution in [0.15, 0.2) is 36.4 Å². The molecule has 7 nitrogen and oxygen atoms in total. The van der Waals surface area contributed by atoms with Gasteiger partial charge in [-0.1, -0.05) is 6.07 Å². The minimum atomic E-state index is -1.32. The summed E-state index contributed by atoms with van der Waals surface area (Å²) in [5, 5.41) is 19.9. The maximum atomic E-state index is 11.8. The van der Waals surface area contributed by atoms with Crippen molar-refractivity contribution in [1.29, 1.82) is 0 Å². The largest absolute Gasteiger partial charge is 0.497 e. The van der Waals surface area contributed by atoms with Gasteiger partial charge in [0.25, 0.3) is 0 Å². The number of carboxylic acids is 2. The second-order valence-electron chi connectivity index (χ2n) is 6.33. The van der Waals surface area contributed by atoms with E-state index < -0.39 is 11.9 Å². The molecule has 0 fully saturated rings. The lowest BCUT2D eigenvalue weighted by Gasteiger charge is -2.24. The number of ether oxygens (including phenoxy) is 3. The summed E-state index contributed by atoms with van der Waals surface area (Å²) in [5.41, 5.74) is 1.05. The van der Waals surface area contributed by atoms with Crippen LogP contribution in [0.5, 0.6) is 23.0 Å². The SMILES string of the molecule is COc1ccc2c(c1)Cc1c(c(OC)cc3c(C(=O)O)c(C(=O)O)ccc13)O2. The molecular weight excluding hydrogens is 364 g/mol. The minimum absolute atomic E-state index is 0.275. The summed E-state index contributed by atoms with van der Waals surface area (Å²) >= 11 is 0. The molecule has 0 atom stereocenters. The highest BCUT2D eigenvalue weighted by Gasteiger charge is 2.27. The molecule has 0 bridgehead atoms. The van der Waals surface area contributed by atoms with E-state index in [9.17, 15) is 19.8 Å². The van der Waals surface area contributed by atoms with Gasteiger partial charge in [-0.05, 0) is 35.7 Å². The quantitative estimate of drug-likeness (QED) is 0.553. The van der Waals surface area contributed by atoms with Gasteiger partial charge in [-0.25, -0.2) is 9.59 Å². The third-order valence-electron chi connectivity index (χ3n) is 4.86. The molecule has 3 aromatic carbocycles. The van der Waals surface area contributed by atoms with Gasteiger partial charge in [-0.2, -0.15) is 0 Å². The first kappa shape index (κ1) is 17.7. The number of hydrogen-bond acceptors (Lipinski definition) is 5. The molecule has 28 heavy (non-hydrogen) atoms. The van der Waals surface area contributed by atoms with Crippen molar-refractivity contribution >= 4 is 22.7 Å². The number of rotatable bonds is 4. The van der Waals surface area contributed by atoms with Crippen molar-refractivity contribution in [2.75, 3.05) is 14.2 Å². The summed E-state index contributed by atoms with van der Waals surface area (Å²) in [4.78, 5) is 23.4. The predicted molar refractivity (Wildman–Crippen MR) is 100 cm³/mol. The second-order valence-corrected chi connectivity index (χ2v) is 6.33. The van der Waals surface area contributed by atoms with Crippen LogP contribution in [-0.4, -0.2) is 36.4 Å². The average molecular weight is 380 g/mol. The Hall–Kier alpha value is -3.74. The molecule has 142 valence electrons. The van der Waals surface area contributed by atoms with Crippen molar-refractivity contribution in [3.05, 3.63) is 58.7 Å². The summed E-state index contributed by atoms with van der Waals surface area (Å²) in [5.74, 6) is -0.448. The highest BCUT2D eigenvalue weighted by Crippen LogP contribution is 2.47. The molecule has 7 heteroatoms. The third kappa shape index (κ3) is 2.60. The van der Waals surface area contributed by atoms with Crippen molar-refractivity contribution in [2.45, 2.75) is 6.42 Å². The molecule has 2 N–H and O–H groups in total. The number of carboxylic acid groups (broad SMARTS) is 2. The lowest BCUT2D eigenvalue weighted by molar-refractivity contribution is 0.0653. The summed E-state index contributed by atoms with van der Waals surface area (Å²) in [6, 6.07) is 9.88. The average Bonchev–Trinajstić information content (AvgIpc) is 2.69. The first-order valence-corrected chi connectivity index (χ1v) is 8.42. The summed E-state index contributed by atoms with van der Waals surface area (Å²) < 4.78 is 16.7. The highest BCUT2D eigenvalue weighted by molar-refractivity contribution is 6.13. The number of methoxy groups -OCH3 is 2. The molecule has 0 unspecified atom stereocenters. The van der Waals surface area contributed by atoms with Crippen LogP contribution in [0.2, 0.25) is 0 Å². The Kier molecular flexibility index (Phi) is 4.07. The Morgan fingerprint density at radius 3 is 2.39 bits per heavy atom. The number of fused-ring (bicyclic) bond motifs is 4. The molecule has 0 saturated carbocycles. The van der Waals surface area contributed by atoms with E-state index in [1.165, 1.54) is 19.2 Å². The first-order chi connectivity index (χ1) is 13.4. The fourth-order valence-corrected chi connectivity index (χ4v) is 3.57. The Morgan fingerprint density at radius 2 is 1.75 bits per heavy atom. The zero-order chi connectivity index (χ0) is 20.0. The maximum absolute atomic E-state index is 11.8. The topological polar surface area (TPSA) is 102 Å². The Balaban J connectivity index is 2.02. The molecule has 3 aromatic rings. The molecular formula is C21H16O7. The maximum Gasteiger partial charge on any atom is 0.337 e. The van der Waals surface area contributed by atoms with E-state index in [-0.39, 0.29) is 16.5 Å². The van der Waals surface area contributed by atoms with E-state index in [1.54, 1.807) is 25.3 Å². The van der Waals surface area contributed by atoms with Crippen molar-refractivity contribution in [1.82, 2.24) is 0 Å². The van der Waals surface area contributed by atoms with Gasteiger partial charge in [0.1, 0.15) is 11.5 Å². The number of benzene rings is 3. The van der Waals surface area contributed by atoms with E-state index in [4.69, 9.17) is 14.2 Å². The third-order valence-corrected chi connectivity index (χ3v) is 4.86. The molecule has 0 aliphatic carbocycles. The molecule has 4 rings (SSSR count). The molecule has 0 aromatic heterocycles. The van der Waals surface area contributed by atoms with E-state index in [0.29, 0.717) is 34.8 Å². The Labute approximate surface area is 159 Å². The lowest BCUT2D eigenvalue weighted by atomic mass is 9.90. The van der Waals surface area contributed by atoms with Gasteiger partial charge in [-0.3, -0.25) is 0 Å². The Morgan fingerprint density at radius 1 is 0.964 bits per heavy atom. The zero-order valence-electron chi connectivity index (χ0n) is 15.1. The van der Waals surface area contributed by atoms with Crippen LogP contribution >= 0.6 is 0 Å². The summed E-state index contributed by atoms with van der Waals surface area (Å²) in [6.07, 6.45) is 0.459. The first-order valence-electron chi connectivity index (χ1n) is 8.42. The number of hydrogen-bond donors (Lipinski definition) is 2. The summed E-state index contributed by atoms with van der Waals surface area (Å²) in [6.45, 7) is 0. The molecule has 1 aliphatic rings. The van der Waals surface area contributed by atoms with Crippen LogP contribution in [0, 0.1) is 0 Å². The molecule has 0 spiro atoms. The van der Waals surface area contributed by atoms with Gasteiger partial charge in [0, 0.05) is 22.9 Å². The van der Waals surface area contributed by atoms with E-state index in [0.717, 1.165) is 11.1 Å². The van der Waals surface area contributed by atoms with Crippen LogP contribution in [0.25, 0.3) is 10.8 Å². The monoisotopic (exact) mass is 380 g/mol. The van der Waals surface area contributed by atoms with Crippen molar-refractivity contribution in [3.63, 3.8) is 0 Å². The minimum Gasteiger partial charge on any atom is -0.497 e. The Bertz CT molecular complexity index is 1150. The number of aromatic carboxylic acids is 2. The van der Waals surface area contributed by atoms with Gasteiger partial charge >= 0.3 is 11.9 Å². The van der Waals surface area contributed by atoms with Crippen molar-refractivity contribution < 1.29 is 34.0 Å². The van der Waals surface area contributed by atoms with Crippen LogP contribution < -0.4 is 14.2 Å². The van der Waals surface area contributed by atoms with Crippen molar-refractivity contribution in [2.24, 2.45) is 0 Å². The lowest BCUT2D eigenvalue weighted by Crippen LogP contribution is -2.11. The fourth-order valence-electron chi connectivity index (χ4n) is 3.57. The second kappa shape index (κ2) is 6.45. The molecule has 0 radical (unpaired) electrons. The van der Waals surface area contributed by atoms with Crippen LogP contribution in [0.1, 0.15) is 31.8 Å². The van der Waals surface area contributed by atoms with E-state index >= 15 is 0 Å². The van der Waals surface area contributed by atoms with Crippen molar-refractivity contribution in [3.8, 4) is 23.0 Å². The van der Waals surface area contributed by atoms with E-state index in [1.807, 2.05) is 6.07 Å². The molecule has 1 heterocycles. The molecule has 0 amide bonds. The van der Waals surface area contributed by atoms with Crippen LogP contribution in [-0.2, 0) is 6.42 Å². The normalized spacial score (nSPS) is 11.9. The molecule has 0 saturated heterocycles. The molecule has 1 aliphatic heterocycles. The highest BCUT2D eigenvalue weighted by atomic mass is 16.5. The van der Waals surface area contributed by atoms with Gasteiger partial charge in [0.15, 0.2) is 11.5 Å². The smallest absolute Gasteiger partial charge is 0.337 e. The van der Waals surface area contributed by atoms with Gasteiger partial charge in [-0.15, -0.1) is 0 Å². The summed E-state index contributed by atoms with van der Waals surface area (Å²) in [7, 11) is 3.03. The standard InChI is InChI=1S/C21H16O7/c1-26-11-3-6-16-10(7-11)8-15-12-4-5-13(20(22)23)18(21(24)25)14(12)9-17(27-2)19(15)28-16/h3-7,9H,8H2,1-2H3,(H,22,23)(H,24,25). The fraction of sp³-hybridized carbons (Fsp3) is 0.143.